The highest BCUT2D eigenvalue weighted by Crippen LogP contribution is 2.12. The van der Waals surface area contributed by atoms with Crippen molar-refractivity contribution in [2.24, 2.45) is 11.8 Å². The number of hydrogen-bond acceptors (Lipinski definition) is 4. The first kappa shape index (κ1) is 14.4. The Hall–Kier alpha value is -1.62. The summed E-state index contributed by atoms with van der Waals surface area (Å²) < 4.78 is 0. The maximum absolute atomic E-state index is 12.4. The zero-order valence-electron chi connectivity index (χ0n) is 11.5. The number of nitrogens with zero attached hydrogens (tertiary/aromatic N) is 2. The molecule has 0 aliphatic carbocycles. The number of pyridine rings is 1. The van der Waals surface area contributed by atoms with Crippen LogP contribution in [0.5, 0.6) is 0 Å². The van der Waals surface area contributed by atoms with Gasteiger partial charge in [0.05, 0.1) is 5.56 Å². The molecule has 0 spiro atoms. The summed E-state index contributed by atoms with van der Waals surface area (Å²) >= 11 is 0. The smallest absolute Gasteiger partial charge is 0.255 e. The Labute approximate surface area is 108 Å². The molecule has 100 valence electrons. The topological polar surface area (TPSA) is 71.2 Å². The Bertz CT molecular complexity index is 386. The van der Waals surface area contributed by atoms with Gasteiger partial charge in [0.15, 0.2) is 0 Å². The molecule has 0 unspecified atom stereocenters. The van der Waals surface area contributed by atoms with Gasteiger partial charge >= 0.3 is 0 Å². The summed E-state index contributed by atoms with van der Waals surface area (Å²) in [5.41, 5.74) is 3.03. The van der Waals surface area contributed by atoms with E-state index in [1.54, 1.807) is 18.3 Å². The van der Waals surface area contributed by atoms with Crippen LogP contribution in [-0.4, -0.2) is 28.4 Å². The zero-order valence-corrected chi connectivity index (χ0v) is 11.5. The fourth-order valence-electron chi connectivity index (χ4n) is 1.69. The molecule has 0 saturated heterocycles. The van der Waals surface area contributed by atoms with E-state index in [1.165, 1.54) is 0 Å². The first-order valence-electron chi connectivity index (χ1n) is 6.19. The lowest BCUT2D eigenvalue weighted by molar-refractivity contribution is 0.0681. The highest BCUT2D eigenvalue weighted by atomic mass is 16.2. The molecule has 3 N–H and O–H groups in total. The number of nitrogen functional groups attached to an aromatic ring is 1. The Balaban J connectivity index is 2.87. The second-order valence-corrected chi connectivity index (χ2v) is 5.02. The summed E-state index contributed by atoms with van der Waals surface area (Å²) in [6.45, 7) is 8.98. The number of anilines is 1. The van der Waals surface area contributed by atoms with Crippen molar-refractivity contribution in [1.29, 1.82) is 0 Å². The van der Waals surface area contributed by atoms with Crippen molar-refractivity contribution in [2.45, 2.75) is 33.7 Å². The predicted molar refractivity (Wildman–Crippen MR) is 73.1 cm³/mol. The SMILES string of the molecule is CC(C)CN(C(=O)c1ccc(NN)nc1)C(C)C. The number of hydrazine groups is 1. The molecule has 0 fully saturated rings. The Morgan fingerprint density at radius 3 is 2.44 bits per heavy atom. The third kappa shape index (κ3) is 3.70. The molecule has 0 atom stereocenters. The highest BCUT2D eigenvalue weighted by molar-refractivity contribution is 5.94. The van der Waals surface area contributed by atoms with Crippen LogP contribution in [0.15, 0.2) is 18.3 Å². The third-order valence-electron chi connectivity index (χ3n) is 2.60. The Morgan fingerprint density at radius 2 is 2.06 bits per heavy atom. The summed E-state index contributed by atoms with van der Waals surface area (Å²) in [4.78, 5) is 18.3. The summed E-state index contributed by atoms with van der Waals surface area (Å²) in [6.07, 6.45) is 1.55. The van der Waals surface area contributed by atoms with Crippen molar-refractivity contribution in [3.05, 3.63) is 23.9 Å². The molecule has 1 heterocycles. The fourth-order valence-corrected chi connectivity index (χ4v) is 1.69. The lowest BCUT2D eigenvalue weighted by atomic mass is 10.1. The van der Waals surface area contributed by atoms with Crippen molar-refractivity contribution in [2.75, 3.05) is 12.0 Å². The quantitative estimate of drug-likeness (QED) is 0.618. The lowest BCUT2D eigenvalue weighted by Gasteiger charge is -2.28. The molecule has 0 bridgehead atoms. The molecule has 1 amide bonds. The predicted octanol–water partition coefficient (Wildman–Crippen LogP) is 1.87. The van der Waals surface area contributed by atoms with E-state index in [1.807, 2.05) is 18.7 Å². The van der Waals surface area contributed by atoms with Gasteiger partial charge in [0.25, 0.3) is 5.91 Å². The number of aromatic nitrogens is 1. The largest absolute Gasteiger partial charge is 0.336 e. The van der Waals surface area contributed by atoms with E-state index in [4.69, 9.17) is 5.84 Å². The molecule has 1 rings (SSSR count). The zero-order chi connectivity index (χ0) is 13.7. The van der Waals surface area contributed by atoms with Crippen LogP contribution < -0.4 is 11.3 Å². The van der Waals surface area contributed by atoms with Crippen LogP contribution in [0.2, 0.25) is 0 Å². The number of nitrogens with two attached hydrogens (primary N) is 1. The second-order valence-electron chi connectivity index (χ2n) is 5.02. The van der Waals surface area contributed by atoms with Crippen LogP contribution in [0.3, 0.4) is 0 Å². The maximum atomic E-state index is 12.4. The van der Waals surface area contributed by atoms with E-state index in [9.17, 15) is 4.79 Å². The number of carbonyl (C=O) groups excluding carboxylic acids is 1. The van der Waals surface area contributed by atoms with Gasteiger partial charge in [0, 0.05) is 18.8 Å². The monoisotopic (exact) mass is 250 g/mol. The van der Waals surface area contributed by atoms with Gasteiger partial charge in [-0.15, -0.1) is 0 Å². The fraction of sp³-hybridized carbons (Fsp3) is 0.538. The normalized spacial score (nSPS) is 10.8. The van der Waals surface area contributed by atoms with Crippen LogP contribution >= 0.6 is 0 Å². The van der Waals surface area contributed by atoms with Gasteiger partial charge in [-0.3, -0.25) is 4.79 Å². The van der Waals surface area contributed by atoms with Gasteiger partial charge in [-0.25, -0.2) is 10.8 Å². The van der Waals surface area contributed by atoms with E-state index in [0.29, 0.717) is 17.3 Å². The standard InChI is InChI=1S/C13H22N4O/c1-9(2)8-17(10(3)4)13(18)11-5-6-12(16-14)15-7-11/h5-7,9-10H,8,14H2,1-4H3,(H,15,16). The average molecular weight is 250 g/mol. The molecule has 1 aromatic rings. The summed E-state index contributed by atoms with van der Waals surface area (Å²) in [5.74, 6) is 6.24. The summed E-state index contributed by atoms with van der Waals surface area (Å²) in [5, 5.41) is 0. The van der Waals surface area contributed by atoms with Crippen molar-refractivity contribution < 1.29 is 4.79 Å². The number of rotatable bonds is 5. The summed E-state index contributed by atoms with van der Waals surface area (Å²) in [6, 6.07) is 3.61. The first-order chi connectivity index (χ1) is 8.45. The third-order valence-corrected chi connectivity index (χ3v) is 2.60. The average Bonchev–Trinajstić information content (AvgIpc) is 2.34. The minimum Gasteiger partial charge on any atom is -0.336 e. The second kappa shape index (κ2) is 6.35. The highest BCUT2D eigenvalue weighted by Gasteiger charge is 2.19. The number of hydrogen-bond donors (Lipinski definition) is 2. The number of amides is 1. The minimum absolute atomic E-state index is 0.00905. The van der Waals surface area contributed by atoms with Crippen LogP contribution in [0.1, 0.15) is 38.1 Å². The minimum atomic E-state index is 0.00905. The van der Waals surface area contributed by atoms with Gasteiger partial charge in [-0.05, 0) is 31.9 Å². The molecule has 0 aromatic carbocycles. The molecule has 18 heavy (non-hydrogen) atoms. The van der Waals surface area contributed by atoms with Crippen LogP contribution in [0.4, 0.5) is 5.82 Å². The van der Waals surface area contributed by atoms with Crippen molar-refractivity contribution >= 4 is 11.7 Å². The van der Waals surface area contributed by atoms with Gasteiger partial charge in [-0.2, -0.15) is 0 Å². The van der Waals surface area contributed by atoms with Crippen molar-refractivity contribution in [1.82, 2.24) is 9.88 Å². The Kier molecular flexibility index (Phi) is 5.09. The number of carbonyl (C=O) groups is 1. The molecule has 0 saturated carbocycles. The van der Waals surface area contributed by atoms with Crippen LogP contribution in [0.25, 0.3) is 0 Å². The van der Waals surface area contributed by atoms with Gasteiger partial charge in [-0.1, -0.05) is 13.8 Å². The van der Waals surface area contributed by atoms with Gasteiger partial charge < -0.3 is 10.3 Å². The molecule has 0 aliphatic heterocycles. The Morgan fingerprint density at radius 1 is 1.39 bits per heavy atom. The van der Waals surface area contributed by atoms with Gasteiger partial charge in [0.1, 0.15) is 5.82 Å². The maximum Gasteiger partial charge on any atom is 0.255 e. The summed E-state index contributed by atoms with van der Waals surface area (Å²) in [7, 11) is 0. The molecular weight excluding hydrogens is 228 g/mol. The molecule has 5 heteroatoms. The van der Waals surface area contributed by atoms with Crippen molar-refractivity contribution in [3.8, 4) is 0 Å². The number of nitrogens with one attached hydrogen (secondary N) is 1. The van der Waals surface area contributed by atoms with Crippen LogP contribution in [-0.2, 0) is 0 Å². The van der Waals surface area contributed by atoms with Gasteiger partial charge in [0.2, 0.25) is 0 Å². The molecule has 5 nitrogen and oxygen atoms in total. The van der Waals surface area contributed by atoms with E-state index in [2.05, 4.69) is 24.3 Å². The molecule has 0 aliphatic rings. The van der Waals surface area contributed by atoms with Crippen LogP contribution in [0, 0.1) is 5.92 Å². The van der Waals surface area contributed by atoms with E-state index >= 15 is 0 Å². The van der Waals surface area contributed by atoms with E-state index in [0.717, 1.165) is 6.54 Å². The molecule has 0 radical (unpaired) electrons. The lowest BCUT2D eigenvalue weighted by Crippen LogP contribution is -2.39. The van der Waals surface area contributed by atoms with E-state index < -0.39 is 0 Å². The van der Waals surface area contributed by atoms with E-state index in [-0.39, 0.29) is 11.9 Å². The first-order valence-corrected chi connectivity index (χ1v) is 6.19. The van der Waals surface area contributed by atoms with Crippen molar-refractivity contribution in [3.63, 3.8) is 0 Å². The molecule has 1 aromatic heterocycles. The molecular formula is C13H22N4O.